The Morgan fingerprint density at radius 3 is 2.55 bits per heavy atom. The Morgan fingerprint density at radius 1 is 1.35 bits per heavy atom. The maximum absolute atomic E-state index is 12.3. The molecule has 7 nitrogen and oxygen atoms in total. The summed E-state index contributed by atoms with van der Waals surface area (Å²) >= 11 is 1.00. The quantitative estimate of drug-likeness (QED) is 0.644. The van der Waals surface area contributed by atoms with Crippen molar-refractivity contribution >= 4 is 22.2 Å². The third kappa shape index (κ3) is 2.54. The van der Waals surface area contributed by atoms with E-state index in [2.05, 4.69) is 10.2 Å². The van der Waals surface area contributed by atoms with E-state index in [-0.39, 0.29) is 10.9 Å². The average Bonchev–Trinajstić information content (AvgIpc) is 2.86. The van der Waals surface area contributed by atoms with Crippen LogP contribution >= 0.6 is 11.3 Å². The van der Waals surface area contributed by atoms with Crippen LogP contribution in [0.5, 0.6) is 0 Å². The highest BCUT2D eigenvalue weighted by molar-refractivity contribution is 7.13. The van der Waals surface area contributed by atoms with Crippen LogP contribution in [0.2, 0.25) is 0 Å². The first-order valence-electron chi connectivity index (χ1n) is 6.62. The summed E-state index contributed by atoms with van der Waals surface area (Å²) in [5.74, 6) is -0.0965. The van der Waals surface area contributed by atoms with E-state index in [4.69, 9.17) is 0 Å². The molecule has 0 bridgehead atoms. The number of rotatable bonds is 3. The Labute approximate surface area is 120 Å². The number of nitrogens with zero attached hydrogens (tertiary/aromatic N) is 3. The predicted molar refractivity (Wildman–Crippen MR) is 75.1 cm³/mol. The molecular weight excluding hydrogens is 280 g/mol. The van der Waals surface area contributed by atoms with Crippen molar-refractivity contribution in [1.82, 2.24) is 15.1 Å². The standard InChI is InChI=1S/C12H16N4O3S/c17-12(9-5-11(16(18)19)20-8-9)15-3-1-14(2-4-15)10-6-13-7-10/h5,8,10,13H,1-4,6-7H2. The Morgan fingerprint density at radius 2 is 2.05 bits per heavy atom. The van der Waals surface area contributed by atoms with Gasteiger partial charge in [0.2, 0.25) is 0 Å². The van der Waals surface area contributed by atoms with E-state index < -0.39 is 4.92 Å². The van der Waals surface area contributed by atoms with Gasteiger partial charge in [-0.2, -0.15) is 0 Å². The van der Waals surface area contributed by atoms with E-state index in [1.54, 1.807) is 10.3 Å². The lowest BCUT2D eigenvalue weighted by Gasteiger charge is -2.43. The number of thiophene rings is 1. The first kappa shape index (κ1) is 13.5. The lowest BCUT2D eigenvalue weighted by atomic mass is 10.1. The van der Waals surface area contributed by atoms with Gasteiger partial charge in [-0.15, -0.1) is 0 Å². The molecule has 3 heterocycles. The first-order valence-corrected chi connectivity index (χ1v) is 7.50. The predicted octanol–water partition coefficient (Wildman–Crippen LogP) is 0.386. The number of amides is 1. The maximum atomic E-state index is 12.3. The number of nitro groups is 1. The molecule has 1 N–H and O–H groups in total. The third-order valence-corrected chi connectivity index (χ3v) is 4.77. The summed E-state index contributed by atoms with van der Waals surface area (Å²) in [5, 5.41) is 15.5. The van der Waals surface area contributed by atoms with Gasteiger partial charge < -0.3 is 10.2 Å². The van der Waals surface area contributed by atoms with Crippen LogP contribution in [0.4, 0.5) is 5.00 Å². The second-order valence-corrected chi connectivity index (χ2v) is 5.96. The topological polar surface area (TPSA) is 78.7 Å². The zero-order chi connectivity index (χ0) is 14.1. The van der Waals surface area contributed by atoms with E-state index >= 15 is 0 Å². The summed E-state index contributed by atoms with van der Waals surface area (Å²) in [5.41, 5.74) is 0.431. The number of piperazine rings is 1. The van der Waals surface area contributed by atoms with Gasteiger partial charge in [0.25, 0.3) is 5.91 Å². The first-order chi connectivity index (χ1) is 9.65. The molecule has 0 radical (unpaired) electrons. The molecule has 0 spiro atoms. The van der Waals surface area contributed by atoms with Crippen LogP contribution in [0.1, 0.15) is 10.4 Å². The summed E-state index contributed by atoms with van der Waals surface area (Å²) in [6.45, 7) is 5.21. The Hall–Kier alpha value is -1.51. The lowest BCUT2D eigenvalue weighted by molar-refractivity contribution is -0.380. The highest BCUT2D eigenvalue weighted by Gasteiger charge is 2.30. The zero-order valence-electron chi connectivity index (χ0n) is 10.9. The van der Waals surface area contributed by atoms with Crippen LogP contribution in [-0.2, 0) is 0 Å². The highest BCUT2D eigenvalue weighted by atomic mass is 32.1. The summed E-state index contributed by atoms with van der Waals surface area (Å²) in [4.78, 5) is 26.7. The third-order valence-electron chi connectivity index (χ3n) is 3.89. The van der Waals surface area contributed by atoms with Crippen LogP contribution in [0, 0.1) is 10.1 Å². The van der Waals surface area contributed by atoms with Crippen LogP contribution in [0.25, 0.3) is 0 Å². The van der Waals surface area contributed by atoms with Gasteiger partial charge in [0, 0.05) is 56.8 Å². The van der Waals surface area contributed by atoms with Crippen molar-refractivity contribution < 1.29 is 9.72 Å². The number of carbonyl (C=O) groups is 1. The Balaban J connectivity index is 1.59. The van der Waals surface area contributed by atoms with Gasteiger partial charge >= 0.3 is 5.00 Å². The molecule has 3 rings (SSSR count). The minimum Gasteiger partial charge on any atom is -0.336 e. The molecule has 0 aromatic carbocycles. The molecule has 0 unspecified atom stereocenters. The van der Waals surface area contributed by atoms with Gasteiger partial charge in [-0.3, -0.25) is 19.8 Å². The van der Waals surface area contributed by atoms with Gasteiger partial charge in [-0.25, -0.2) is 0 Å². The minimum atomic E-state index is -0.455. The van der Waals surface area contributed by atoms with E-state index in [0.29, 0.717) is 24.7 Å². The summed E-state index contributed by atoms with van der Waals surface area (Å²) < 4.78 is 0. The van der Waals surface area contributed by atoms with Crippen molar-refractivity contribution in [2.45, 2.75) is 6.04 Å². The van der Waals surface area contributed by atoms with Crippen molar-refractivity contribution in [3.05, 3.63) is 27.1 Å². The molecule has 2 aliphatic heterocycles. The fraction of sp³-hybridized carbons (Fsp3) is 0.583. The molecule has 2 fully saturated rings. The Bertz CT molecular complexity index is 521. The van der Waals surface area contributed by atoms with E-state index in [9.17, 15) is 14.9 Å². The van der Waals surface area contributed by atoms with Crippen molar-refractivity contribution in [3.8, 4) is 0 Å². The minimum absolute atomic E-state index is 0.0209. The molecule has 1 aromatic heterocycles. The number of hydrogen-bond acceptors (Lipinski definition) is 6. The lowest BCUT2D eigenvalue weighted by Crippen LogP contribution is -2.62. The average molecular weight is 296 g/mol. The maximum Gasteiger partial charge on any atom is 0.324 e. The molecule has 0 aliphatic carbocycles. The summed E-state index contributed by atoms with van der Waals surface area (Å²) in [7, 11) is 0. The highest BCUT2D eigenvalue weighted by Crippen LogP contribution is 2.24. The van der Waals surface area contributed by atoms with Gasteiger partial charge in [0.05, 0.1) is 10.5 Å². The van der Waals surface area contributed by atoms with Crippen molar-refractivity contribution in [2.24, 2.45) is 0 Å². The van der Waals surface area contributed by atoms with Crippen molar-refractivity contribution in [1.29, 1.82) is 0 Å². The molecule has 0 saturated carbocycles. The molecule has 0 atom stereocenters. The van der Waals surface area contributed by atoms with E-state index in [1.165, 1.54) is 6.07 Å². The molecule has 8 heteroatoms. The number of hydrogen-bond donors (Lipinski definition) is 1. The second kappa shape index (κ2) is 5.47. The fourth-order valence-electron chi connectivity index (χ4n) is 2.54. The van der Waals surface area contributed by atoms with Crippen LogP contribution in [0.3, 0.4) is 0 Å². The molecule has 20 heavy (non-hydrogen) atoms. The molecule has 2 aliphatic rings. The van der Waals surface area contributed by atoms with Crippen LogP contribution in [-0.4, -0.2) is 65.9 Å². The normalized spacial score (nSPS) is 20.7. The number of nitrogens with one attached hydrogen (secondary N) is 1. The second-order valence-electron chi connectivity index (χ2n) is 5.07. The molecular formula is C12H16N4O3S. The fourth-order valence-corrected chi connectivity index (χ4v) is 3.23. The molecule has 1 aromatic rings. The van der Waals surface area contributed by atoms with E-state index in [1.807, 2.05) is 0 Å². The van der Waals surface area contributed by atoms with Gasteiger partial charge in [0.15, 0.2) is 0 Å². The monoisotopic (exact) mass is 296 g/mol. The largest absolute Gasteiger partial charge is 0.336 e. The Kier molecular flexibility index (Phi) is 3.68. The zero-order valence-corrected chi connectivity index (χ0v) is 11.8. The van der Waals surface area contributed by atoms with Crippen molar-refractivity contribution in [3.63, 3.8) is 0 Å². The van der Waals surface area contributed by atoms with Crippen molar-refractivity contribution in [2.75, 3.05) is 39.3 Å². The molecule has 108 valence electrons. The van der Waals surface area contributed by atoms with E-state index in [0.717, 1.165) is 37.5 Å². The van der Waals surface area contributed by atoms with Gasteiger partial charge in [0.1, 0.15) is 0 Å². The smallest absolute Gasteiger partial charge is 0.324 e. The van der Waals surface area contributed by atoms with Crippen LogP contribution < -0.4 is 5.32 Å². The summed E-state index contributed by atoms with van der Waals surface area (Å²) in [6.07, 6.45) is 0. The molecule has 1 amide bonds. The number of carbonyl (C=O) groups excluding carboxylic acids is 1. The van der Waals surface area contributed by atoms with Crippen LogP contribution in [0.15, 0.2) is 11.4 Å². The van der Waals surface area contributed by atoms with Gasteiger partial charge in [-0.05, 0) is 0 Å². The van der Waals surface area contributed by atoms with Gasteiger partial charge in [-0.1, -0.05) is 11.3 Å². The summed E-state index contributed by atoms with van der Waals surface area (Å²) in [6, 6.07) is 1.98. The SMILES string of the molecule is O=C(c1csc([N+](=O)[O-])c1)N1CCN(C2CNC2)CC1. The molecule has 2 saturated heterocycles.